The maximum absolute atomic E-state index is 11.8. The van der Waals surface area contributed by atoms with E-state index in [1.165, 1.54) is 19.3 Å². The van der Waals surface area contributed by atoms with Gasteiger partial charge in [-0.3, -0.25) is 9.48 Å². The molecule has 0 saturated heterocycles. The average Bonchev–Trinajstić information content (AvgIpc) is 2.92. The van der Waals surface area contributed by atoms with E-state index in [1.807, 2.05) is 16.9 Å². The Hall–Kier alpha value is -1.36. The molecule has 1 saturated carbocycles. The fourth-order valence-corrected chi connectivity index (χ4v) is 2.73. The van der Waals surface area contributed by atoms with Crippen molar-refractivity contribution in [3.63, 3.8) is 0 Å². The van der Waals surface area contributed by atoms with Crippen molar-refractivity contribution in [1.82, 2.24) is 20.4 Å². The molecule has 1 atom stereocenters. The summed E-state index contributed by atoms with van der Waals surface area (Å²) in [5.41, 5.74) is 0. The Kier molecular flexibility index (Phi) is 6.05. The summed E-state index contributed by atoms with van der Waals surface area (Å²) in [6.45, 7) is 3.67. The Bertz CT molecular complexity index is 385. The molecule has 0 bridgehead atoms. The molecule has 1 fully saturated rings. The third kappa shape index (κ3) is 5.33. The van der Waals surface area contributed by atoms with E-state index in [9.17, 15) is 4.79 Å². The highest BCUT2D eigenvalue weighted by molar-refractivity contribution is 5.76. The summed E-state index contributed by atoms with van der Waals surface area (Å²) in [6.07, 6.45) is 10.4. The molecule has 112 valence electrons. The number of rotatable bonds is 7. The zero-order valence-electron chi connectivity index (χ0n) is 12.3. The predicted molar refractivity (Wildman–Crippen MR) is 79.3 cm³/mol. The van der Waals surface area contributed by atoms with Crippen molar-refractivity contribution in [3.8, 4) is 0 Å². The topological polar surface area (TPSA) is 59.0 Å². The molecule has 1 heterocycles. The van der Waals surface area contributed by atoms with Crippen molar-refractivity contribution in [2.75, 3.05) is 6.54 Å². The van der Waals surface area contributed by atoms with Crippen molar-refractivity contribution >= 4 is 5.91 Å². The van der Waals surface area contributed by atoms with Gasteiger partial charge in [-0.2, -0.15) is 5.10 Å². The molecular weight excluding hydrogens is 252 g/mol. The maximum atomic E-state index is 11.8. The van der Waals surface area contributed by atoms with E-state index in [4.69, 9.17) is 0 Å². The van der Waals surface area contributed by atoms with Crippen LogP contribution in [0.4, 0.5) is 0 Å². The first-order valence-electron chi connectivity index (χ1n) is 7.74. The van der Waals surface area contributed by atoms with Gasteiger partial charge in [-0.05, 0) is 25.8 Å². The Balaban J connectivity index is 1.56. The number of aromatic nitrogens is 2. The molecule has 2 rings (SSSR count). The van der Waals surface area contributed by atoms with Gasteiger partial charge in [0.25, 0.3) is 0 Å². The average molecular weight is 278 g/mol. The Morgan fingerprint density at radius 2 is 2.20 bits per heavy atom. The number of nitrogens with zero attached hydrogens (tertiary/aromatic N) is 2. The van der Waals surface area contributed by atoms with Crippen LogP contribution in [0.15, 0.2) is 18.5 Å². The summed E-state index contributed by atoms with van der Waals surface area (Å²) in [6, 6.07) is 2.65. The lowest BCUT2D eigenvalue weighted by Gasteiger charge is -2.23. The van der Waals surface area contributed by atoms with Crippen molar-refractivity contribution in [2.24, 2.45) is 0 Å². The predicted octanol–water partition coefficient (Wildman–Crippen LogP) is 1.70. The zero-order chi connectivity index (χ0) is 14.2. The molecule has 0 aromatic carbocycles. The van der Waals surface area contributed by atoms with Gasteiger partial charge in [0, 0.05) is 37.4 Å². The third-order valence-corrected chi connectivity index (χ3v) is 3.84. The molecule has 5 heteroatoms. The molecule has 1 aliphatic rings. The van der Waals surface area contributed by atoms with Crippen LogP contribution in [0, 0.1) is 0 Å². The molecule has 1 aromatic rings. The van der Waals surface area contributed by atoms with Crippen LogP contribution in [-0.2, 0) is 11.3 Å². The highest BCUT2D eigenvalue weighted by Crippen LogP contribution is 2.17. The molecule has 0 spiro atoms. The van der Waals surface area contributed by atoms with Gasteiger partial charge in [0.1, 0.15) is 0 Å². The lowest BCUT2D eigenvalue weighted by molar-refractivity contribution is -0.121. The Labute approximate surface area is 121 Å². The van der Waals surface area contributed by atoms with Gasteiger partial charge in [0.15, 0.2) is 0 Å². The maximum Gasteiger partial charge on any atom is 0.221 e. The van der Waals surface area contributed by atoms with E-state index >= 15 is 0 Å². The van der Waals surface area contributed by atoms with Crippen molar-refractivity contribution in [3.05, 3.63) is 18.5 Å². The third-order valence-electron chi connectivity index (χ3n) is 3.84. The smallest absolute Gasteiger partial charge is 0.221 e. The second-order valence-electron chi connectivity index (χ2n) is 5.74. The van der Waals surface area contributed by atoms with Gasteiger partial charge in [-0.1, -0.05) is 19.3 Å². The molecule has 1 aliphatic carbocycles. The van der Waals surface area contributed by atoms with Gasteiger partial charge in [0.05, 0.1) is 6.54 Å². The standard InChI is InChI=1S/C15H26N4O/c1-13(12-19-11-5-9-17-19)16-10-8-15(20)18-14-6-3-2-4-7-14/h5,9,11,13-14,16H,2-4,6-8,10,12H2,1H3,(H,18,20)/t13-/m1/s1. The second kappa shape index (κ2) is 8.04. The van der Waals surface area contributed by atoms with Crippen molar-refractivity contribution < 1.29 is 4.79 Å². The van der Waals surface area contributed by atoms with Crippen LogP contribution in [-0.4, -0.2) is 34.3 Å². The fourth-order valence-electron chi connectivity index (χ4n) is 2.73. The second-order valence-corrected chi connectivity index (χ2v) is 5.74. The molecule has 0 aliphatic heterocycles. The molecular formula is C15H26N4O. The normalized spacial score (nSPS) is 17.9. The van der Waals surface area contributed by atoms with Gasteiger partial charge in [-0.15, -0.1) is 0 Å². The summed E-state index contributed by atoms with van der Waals surface area (Å²) in [5.74, 6) is 0.177. The first-order chi connectivity index (χ1) is 9.74. The van der Waals surface area contributed by atoms with Crippen LogP contribution in [0.3, 0.4) is 0 Å². The molecule has 1 amide bonds. The van der Waals surface area contributed by atoms with E-state index in [0.29, 0.717) is 18.5 Å². The number of hydrogen-bond acceptors (Lipinski definition) is 3. The first-order valence-corrected chi connectivity index (χ1v) is 7.74. The van der Waals surface area contributed by atoms with E-state index in [2.05, 4.69) is 22.7 Å². The van der Waals surface area contributed by atoms with E-state index in [1.54, 1.807) is 6.20 Å². The summed E-state index contributed by atoms with van der Waals surface area (Å²) < 4.78 is 1.90. The van der Waals surface area contributed by atoms with Gasteiger partial charge in [0.2, 0.25) is 5.91 Å². The summed E-state index contributed by atoms with van der Waals surface area (Å²) in [7, 11) is 0. The molecule has 0 radical (unpaired) electrons. The highest BCUT2D eigenvalue weighted by Gasteiger charge is 2.15. The monoisotopic (exact) mass is 278 g/mol. The minimum absolute atomic E-state index is 0.177. The van der Waals surface area contributed by atoms with Crippen molar-refractivity contribution in [2.45, 2.75) is 64.1 Å². The Morgan fingerprint density at radius 1 is 1.40 bits per heavy atom. The van der Waals surface area contributed by atoms with Crippen LogP contribution in [0.2, 0.25) is 0 Å². The minimum atomic E-state index is 0.177. The van der Waals surface area contributed by atoms with Crippen LogP contribution in [0.25, 0.3) is 0 Å². The van der Waals surface area contributed by atoms with E-state index in [-0.39, 0.29) is 5.91 Å². The number of nitrogens with one attached hydrogen (secondary N) is 2. The van der Waals surface area contributed by atoms with Crippen LogP contribution in [0.5, 0.6) is 0 Å². The van der Waals surface area contributed by atoms with E-state index < -0.39 is 0 Å². The quantitative estimate of drug-likeness (QED) is 0.798. The number of hydrogen-bond donors (Lipinski definition) is 2. The van der Waals surface area contributed by atoms with Crippen LogP contribution < -0.4 is 10.6 Å². The molecule has 5 nitrogen and oxygen atoms in total. The summed E-state index contributed by atoms with van der Waals surface area (Å²) in [4.78, 5) is 11.8. The van der Waals surface area contributed by atoms with Crippen LogP contribution in [0.1, 0.15) is 45.4 Å². The number of carbonyl (C=O) groups excluding carboxylic acids is 1. The summed E-state index contributed by atoms with van der Waals surface area (Å²) >= 11 is 0. The molecule has 2 N–H and O–H groups in total. The SMILES string of the molecule is C[C@H](Cn1cccn1)NCCC(=O)NC1CCCCC1. The largest absolute Gasteiger partial charge is 0.353 e. The molecule has 1 aromatic heterocycles. The molecule has 20 heavy (non-hydrogen) atoms. The summed E-state index contributed by atoms with van der Waals surface area (Å²) in [5, 5.41) is 10.7. The lowest BCUT2D eigenvalue weighted by atomic mass is 9.95. The van der Waals surface area contributed by atoms with Crippen LogP contribution >= 0.6 is 0 Å². The Morgan fingerprint density at radius 3 is 2.90 bits per heavy atom. The van der Waals surface area contributed by atoms with Gasteiger partial charge < -0.3 is 10.6 Å². The number of amides is 1. The number of carbonyl (C=O) groups is 1. The van der Waals surface area contributed by atoms with Crippen molar-refractivity contribution in [1.29, 1.82) is 0 Å². The van der Waals surface area contributed by atoms with Gasteiger partial charge in [-0.25, -0.2) is 0 Å². The van der Waals surface area contributed by atoms with Gasteiger partial charge >= 0.3 is 0 Å². The zero-order valence-corrected chi connectivity index (χ0v) is 12.3. The minimum Gasteiger partial charge on any atom is -0.353 e. The molecule has 0 unspecified atom stereocenters. The van der Waals surface area contributed by atoms with E-state index in [0.717, 1.165) is 25.9 Å². The lowest BCUT2D eigenvalue weighted by Crippen LogP contribution is -2.39. The fraction of sp³-hybridized carbons (Fsp3) is 0.733. The first kappa shape index (κ1) is 15.0. The highest BCUT2D eigenvalue weighted by atomic mass is 16.1.